The molecule has 0 saturated carbocycles. The second-order valence-corrected chi connectivity index (χ2v) is 9.28. The number of imidazole rings is 1. The summed E-state index contributed by atoms with van der Waals surface area (Å²) in [6, 6.07) is 0. The maximum atomic E-state index is 13.1. The summed E-state index contributed by atoms with van der Waals surface area (Å²) in [6.45, 7) is 7.77. The van der Waals surface area contributed by atoms with Gasteiger partial charge in [-0.05, 0) is 18.3 Å². The van der Waals surface area contributed by atoms with E-state index >= 15 is 0 Å². The number of likely N-dealkylation sites (tertiary alicyclic amines) is 1. The van der Waals surface area contributed by atoms with Gasteiger partial charge in [0.05, 0.1) is 24.0 Å². The van der Waals surface area contributed by atoms with E-state index in [-0.39, 0.29) is 29.1 Å². The predicted molar refractivity (Wildman–Crippen MR) is 102 cm³/mol. The molecule has 4 rings (SSSR count). The molecule has 2 saturated heterocycles. The number of aliphatic hydroxyl groups excluding tert-OH is 1. The molecule has 7 heteroatoms. The molecule has 2 aliphatic rings. The van der Waals surface area contributed by atoms with Crippen molar-refractivity contribution in [3.05, 3.63) is 24.2 Å². The highest BCUT2D eigenvalue weighted by molar-refractivity contribution is 5.99. The number of amides is 1. The molecule has 1 spiro atoms. The van der Waals surface area contributed by atoms with Crippen LogP contribution in [0.15, 0.2) is 18.6 Å². The van der Waals surface area contributed by atoms with E-state index in [4.69, 9.17) is 4.74 Å². The van der Waals surface area contributed by atoms with Crippen LogP contribution in [0.25, 0.3) is 5.65 Å². The molecule has 2 aromatic heterocycles. The molecule has 0 aromatic carbocycles. The zero-order chi connectivity index (χ0) is 19.4. The first kappa shape index (κ1) is 18.5. The van der Waals surface area contributed by atoms with Crippen LogP contribution in [0.3, 0.4) is 0 Å². The van der Waals surface area contributed by atoms with Gasteiger partial charge in [0.1, 0.15) is 11.2 Å². The summed E-state index contributed by atoms with van der Waals surface area (Å²) in [5.74, 6) is 0.0189. The highest BCUT2D eigenvalue weighted by Gasteiger charge is 2.46. The van der Waals surface area contributed by atoms with Crippen LogP contribution in [0.5, 0.6) is 0 Å². The summed E-state index contributed by atoms with van der Waals surface area (Å²) in [5.41, 5.74) is 1.14. The number of carbonyl (C=O) groups excluding carboxylic acids is 1. The molecule has 0 radical (unpaired) electrons. The highest BCUT2D eigenvalue weighted by atomic mass is 16.5. The first-order valence-electron chi connectivity index (χ1n) is 9.82. The molecule has 2 fully saturated rings. The standard InChI is InChI=1S/C20H30N4O3/c1-19(2,3)16-11-14(25)12-20(27-16)5-7-23(8-6-20)18(26)15-13-21-24-10-9-22(4)17(15)24/h9-10,13-14,16,25H,5-8,11-12H2,1-4H3/t14-,16-/m1/s1. The van der Waals surface area contributed by atoms with Crippen LogP contribution in [-0.4, -0.2) is 61.0 Å². The third-order valence-electron chi connectivity index (χ3n) is 6.18. The first-order valence-corrected chi connectivity index (χ1v) is 9.82. The van der Waals surface area contributed by atoms with Crippen LogP contribution >= 0.6 is 0 Å². The quantitative estimate of drug-likeness (QED) is 0.831. The monoisotopic (exact) mass is 374 g/mol. The van der Waals surface area contributed by atoms with Crippen molar-refractivity contribution in [3.8, 4) is 0 Å². The average molecular weight is 374 g/mol. The zero-order valence-electron chi connectivity index (χ0n) is 16.7. The van der Waals surface area contributed by atoms with Crippen molar-refractivity contribution in [2.75, 3.05) is 13.1 Å². The first-order chi connectivity index (χ1) is 12.7. The number of fused-ring (bicyclic) bond motifs is 1. The van der Waals surface area contributed by atoms with E-state index in [1.807, 2.05) is 28.9 Å². The Balaban J connectivity index is 1.48. The summed E-state index contributed by atoms with van der Waals surface area (Å²) >= 11 is 0. The molecular weight excluding hydrogens is 344 g/mol. The Morgan fingerprint density at radius 2 is 2.00 bits per heavy atom. The van der Waals surface area contributed by atoms with Crippen molar-refractivity contribution in [3.63, 3.8) is 0 Å². The largest absolute Gasteiger partial charge is 0.393 e. The van der Waals surface area contributed by atoms with E-state index < -0.39 is 0 Å². The predicted octanol–water partition coefficient (Wildman–Crippen LogP) is 2.23. The lowest BCUT2D eigenvalue weighted by atomic mass is 9.76. The van der Waals surface area contributed by atoms with Crippen molar-refractivity contribution in [2.24, 2.45) is 12.5 Å². The molecule has 7 nitrogen and oxygen atoms in total. The number of hydrogen-bond acceptors (Lipinski definition) is 4. The lowest BCUT2D eigenvalue weighted by Crippen LogP contribution is -2.55. The smallest absolute Gasteiger partial charge is 0.259 e. The number of ether oxygens (including phenoxy) is 1. The van der Waals surface area contributed by atoms with Gasteiger partial charge in [0.25, 0.3) is 5.91 Å². The molecule has 1 amide bonds. The van der Waals surface area contributed by atoms with E-state index in [0.29, 0.717) is 31.5 Å². The van der Waals surface area contributed by atoms with Crippen LogP contribution < -0.4 is 0 Å². The topological polar surface area (TPSA) is 72.0 Å². The minimum absolute atomic E-state index is 0.00231. The van der Waals surface area contributed by atoms with Gasteiger partial charge in [0.2, 0.25) is 0 Å². The second kappa shape index (κ2) is 6.34. The summed E-state index contributed by atoms with van der Waals surface area (Å²) in [4.78, 5) is 14.9. The molecule has 2 aliphatic heterocycles. The molecule has 27 heavy (non-hydrogen) atoms. The number of aromatic nitrogens is 3. The number of rotatable bonds is 1. The van der Waals surface area contributed by atoms with Crippen molar-refractivity contribution < 1.29 is 14.6 Å². The van der Waals surface area contributed by atoms with Crippen molar-refractivity contribution in [1.82, 2.24) is 19.1 Å². The molecule has 2 aromatic rings. The van der Waals surface area contributed by atoms with Gasteiger partial charge < -0.3 is 19.3 Å². The van der Waals surface area contributed by atoms with Crippen LogP contribution in [-0.2, 0) is 11.8 Å². The van der Waals surface area contributed by atoms with Gasteiger partial charge in [-0.15, -0.1) is 0 Å². The Morgan fingerprint density at radius 3 is 2.67 bits per heavy atom. The molecule has 0 bridgehead atoms. The molecule has 1 N–H and O–H groups in total. The number of nitrogens with zero attached hydrogens (tertiary/aromatic N) is 4. The van der Waals surface area contributed by atoms with Crippen LogP contribution in [0.2, 0.25) is 0 Å². The molecule has 0 unspecified atom stereocenters. The zero-order valence-corrected chi connectivity index (χ0v) is 16.7. The van der Waals surface area contributed by atoms with Gasteiger partial charge in [-0.1, -0.05) is 20.8 Å². The lowest BCUT2D eigenvalue weighted by molar-refractivity contribution is -0.205. The third kappa shape index (κ3) is 3.27. The van der Waals surface area contributed by atoms with E-state index in [1.54, 1.807) is 10.7 Å². The Labute approximate surface area is 159 Å². The number of carbonyl (C=O) groups is 1. The normalized spacial score (nSPS) is 26.0. The van der Waals surface area contributed by atoms with Crippen molar-refractivity contribution >= 4 is 11.6 Å². The van der Waals surface area contributed by atoms with Gasteiger partial charge in [-0.2, -0.15) is 5.10 Å². The minimum Gasteiger partial charge on any atom is -0.393 e. The van der Waals surface area contributed by atoms with Gasteiger partial charge in [0.15, 0.2) is 0 Å². The third-order valence-corrected chi connectivity index (χ3v) is 6.18. The Bertz CT molecular complexity index is 839. The molecule has 0 aliphatic carbocycles. The fraction of sp³-hybridized carbons (Fsp3) is 0.700. The SMILES string of the molecule is Cn1ccn2ncc(C(=O)N3CCC4(CC3)C[C@H](O)C[C@H](C(C)(C)C)O4)c12. The maximum Gasteiger partial charge on any atom is 0.259 e. The Morgan fingerprint density at radius 1 is 1.30 bits per heavy atom. The van der Waals surface area contributed by atoms with Crippen molar-refractivity contribution in [1.29, 1.82) is 0 Å². The van der Waals surface area contributed by atoms with Gasteiger partial charge in [0, 0.05) is 45.4 Å². The van der Waals surface area contributed by atoms with Gasteiger partial charge in [-0.25, -0.2) is 4.52 Å². The van der Waals surface area contributed by atoms with E-state index in [9.17, 15) is 9.90 Å². The second-order valence-electron chi connectivity index (χ2n) is 9.28. The van der Waals surface area contributed by atoms with E-state index in [2.05, 4.69) is 25.9 Å². The fourth-order valence-corrected chi connectivity index (χ4v) is 4.50. The Hall–Kier alpha value is -1.86. The lowest BCUT2D eigenvalue weighted by Gasteiger charge is -2.50. The summed E-state index contributed by atoms with van der Waals surface area (Å²) in [6.07, 6.45) is 7.99. The van der Waals surface area contributed by atoms with Gasteiger partial charge >= 0.3 is 0 Å². The minimum atomic E-state index is -0.330. The molecule has 148 valence electrons. The average Bonchev–Trinajstić information content (AvgIpc) is 3.17. The molecule has 2 atom stereocenters. The molecular formula is C20H30N4O3. The van der Waals surface area contributed by atoms with Crippen LogP contribution in [0.4, 0.5) is 0 Å². The Kier molecular flexibility index (Phi) is 4.35. The van der Waals surface area contributed by atoms with Crippen molar-refractivity contribution in [2.45, 2.75) is 64.3 Å². The number of hydrogen-bond donors (Lipinski definition) is 1. The highest BCUT2D eigenvalue weighted by Crippen LogP contribution is 2.42. The summed E-state index contributed by atoms with van der Waals surface area (Å²) < 4.78 is 10.2. The van der Waals surface area contributed by atoms with E-state index in [0.717, 1.165) is 18.5 Å². The number of aryl methyl sites for hydroxylation is 1. The number of piperidine rings is 1. The fourth-order valence-electron chi connectivity index (χ4n) is 4.50. The summed E-state index contributed by atoms with van der Waals surface area (Å²) in [5, 5.41) is 14.7. The number of aliphatic hydroxyl groups is 1. The van der Waals surface area contributed by atoms with Crippen LogP contribution in [0, 0.1) is 5.41 Å². The maximum absolute atomic E-state index is 13.1. The summed E-state index contributed by atoms with van der Waals surface area (Å²) in [7, 11) is 1.92. The molecule has 4 heterocycles. The van der Waals surface area contributed by atoms with E-state index in [1.165, 1.54) is 0 Å². The van der Waals surface area contributed by atoms with Gasteiger partial charge in [-0.3, -0.25) is 4.79 Å². The van der Waals surface area contributed by atoms with Crippen LogP contribution in [0.1, 0.15) is 56.8 Å².